The summed E-state index contributed by atoms with van der Waals surface area (Å²) in [6.45, 7) is 2.87. The normalized spacial score (nSPS) is 13.5. The molecule has 0 spiro atoms. The predicted molar refractivity (Wildman–Crippen MR) is 277 cm³/mol. The number of carboxylic acids is 1. The van der Waals surface area contributed by atoms with Crippen LogP contribution in [0.3, 0.4) is 0 Å². The van der Waals surface area contributed by atoms with E-state index < -0.39 is 51.1 Å². The summed E-state index contributed by atoms with van der Waals surface area (Å²) >= 11 is 0. The Kier molecular flexibility index (Phi) is 49.3. The van der Waals surface area contributed by atoms with Gasteiger partial charge in [0.15, 0.2) is 6.10 Å². The van der Waals surface area contributed by atoms with Gasteiger partial charge in [-0.1, -0.05) is 251 Å². The summed E-state index contributed by atoms with van der Waals surface area (Å²) in [5.74, 6) is -2.35. The lowest BCUT2D eigenvalue weighted by Gasteiger charge is -2.20. The Bertz CT molecular complexity index is 1190. The second kappa shape index (κ2) is 50.6. The third-order valence-electron chi connectivity index (χ3n) is 12.8. The average molecular weight is 972 g/mol. The molecule has 0 radical (unpaired) electrons. The van der Waals surface area contributed by atoms with Gasteiger partial charge in [-0.25, -0.2) is 4.57 Å². The summed E-state index contributed by atoms with van der Waals surface area (Å²) < 4.78 is 32.9. The number of carbonyl (C=O) groups is 3. The Morgan fingerprint density at radius 3 is 1.09 bits per heavy atom. The minimum Gasteiger partial charge on any atom is -0.480 e. The van der Waals surface area contributed by atoms with E-state index in [1.165, 1.54) is 212 Å². The van der Waals surface area contributed by atoms with Crippen molar-refractivity contribution in [2.45, 2.75) is 302 Å². The fraction of sp³-hybridized carbons (Fsp3) is 0.909. The van der Waals surface area contributed by atoms with Gasteiger partial charge in [0, 0.05) is 12.8 Å². The van der Waals surface area contributed by atoms with Gasteiger partial charge in [0.1, 0.15) is 12.6 Å². The van der Waals surface area contributed by atoms with Gasteiger partial charge in [0.05, 0.1) is 13.2 Å². The summed E-state index contributed by atoms with van der Waals surface area (Å²) in [4.78, 5) is 46.3. The number of aliphatic carboxylic acids is 1. The Labute approximate surface area is 411 Å². The summed E-state index contributed by atoms with van der Waals surface area (Å²) in [5.41, 5.74) is 5.36. The molecular formula is C55H106NO10P. The Morgan fingerprint density at radius 1 is 0.448 bits per heavy atom. The molecule has 0 aromatic rings. The van der Waals surface area contributed by atoms with Crippen molar-refractivity contribution in [2.24, 2.45) is 5.73 Å². The number of rotatable bonds is 54. The van der Waals surface area contributed by atoms with Crippen molar-refractivity contribution in [3.63, 3.8) is 0 Å². The zero-order valence-corrected chi connectivity index (χ0v) is 44.4. The number of hydrogen-bond donors (Lipinski definition) is 3. The molecular weight excluding hydrogens is 866 g/mol. The largest absolute Gasteiger partial charge is 0.480 e. The van der Waals surface area contributed by atoms with E-state index >= 15 is 0 Å². The van der Waals surface area contributed by atoms with Gasteiger partial charge in [-0.2, -0.15) is 0 Å². The molecule has 12 heteroatoms. The van der Waals surface area contributed by atoms with E-state index in [2.05, 4.69) is 26.0 Å². The van der Waals surface area contributed by atoms with Crippen molar-refractivity contribution in [3.8, 4) is 0 Å². The Hall–Kier alpha value is -1.78. The zero-order chi connectivity index (χ0) is 49.2. The van der Waals surface area contributed by atoms with E-state index in [1.54, 1.807) is 0 Å². The second-order valence-corrected chi connectivity index (χ2v) is 20.9. The van der Waals surface area contributed by atoms with E-state index in [0.29, 0.717) is 12.8 Å². The first kappa shape index (κ1) is 65.2. The molecule has 11 nitrogen and oxygen atoms in total. The molecule has 396 valence electrons. The van der Waals surface area contributed by atoms with Crippen LogP contribution in [-0.2, 0) is 37.5 Å². The summed E-state index contributed by atoms with van der Waals surface area (Å²) in [6, 6.07) is -1.52. The molecule has 4 N–H and O–H groups in total. The van der Waals surface area contributed by atoms with E-state index in [-0.39, 0.29) is 19.4 Å². The first-order valence-electron chi connectivity index (χ1n) is 28.2. The van der Waals surface area contributed by atoms with Crippen molar-refractivity contribution in [3.05, 3.63) is 12.2 Å². The topological polar surface area (TPSA) is 172 Å². The molecule has 0 aliphatic rings. The molecule has 0 amide bonds. The van der Waals surface area contributed by atoms with Crippen molar-refractivity contribution < 1.29 is 47.5 Å². The van der Waals surface area contributed by atoms with Crippen LogP contribution in [0.25, 0.3) is 0 Å². The number of allylic oxidation sites excluding steroid dienone is 2. The van der Waals surface area contributed by atoms with Crippen LogP contribution in [0.5, 0.6) is 0 Å². The first-order valence-corrected chi connectivity index (χ1v) is 29.7. The number of carbonyl (C=O) groups excluding carboxylic acids is 2. The lowest BCUT2D eigenvalue weighted by atomic mass is 10.0. The zero-order valence-electron chi connectivity index (χ0n) is 43.5. The monoisotopic (exact) mass is 972 g/mol. The van der Waals surface area contributed by atoms with E-state index in [4.69, 9.17) is 29.4 Å². The second-order valence-electron chi connectivity index (χ2n) is 19.4. The number of nitrogens with two attached hydrogens (primary N) is 1. The summed E-state index contributed by atoms with van der Waals surface area (Å²) in [7, 11) is -4.72. The lowest BCUT2D eigenvalue weighted by Crippen LogP contribution is -2.34. The molecule has 3 atom stereocenters. The maximum atomic E-state index is 12.7. The van der Waals surface area contributed by atoms with E-state index in [1.807, 2.05) is 0 Å². The van der Waals surface area contributed by atoms with Crippen LogP contribution < -0.4 is 5.73 Å². The van der Waals surface area contributed by atoms with E-state index in [9.17, 15) is 23.8 Å². The predicted octanol–water partition coefficient (Wildman–Crippen LogP) is 16.4. The quantitative estimate of drug-likeness (QED) is 0.0229. The number of esters is 2. The van der Waals surface area contributed by atoms with Gasteiger partial charge < -0.3 is 25.2 Å². The highest BCUT2D eigenvalue weighted by atomic mass is 31.2. The number of carboxylic acid groups (broad SMARTS) is 1. The highest BCUT2D eigenvalue weighted by molar-refractivity contribution is 7.47. The highest BCUT2D eigenvalue weighted by Gasteiger charge is 2.28. The molecule has 0 fully saturated rings. The number of phosphoric ester groups is 1. The Balaban J connectivity index is 4.14. The number of phosphoric acid groups is 1. The number of unbranched alkanes of at least 4 members (excludes halogenated alkanes) is 38. The lowest BCUT2D eigenvalue weighted by molar-refractivity contribution is -0.161. The van der Waals surface area contributed by atoms with Crippen molar-refractivity contribution in [1.29, 1.82) is 0 Å². The number of hydrogen-bond acceptors (Lipinski definition) is 9. The standard InChI is InChI=1S/C55H106NO10P/c1-3-5-7-9-11-13-15-17-19-21-23-25-27-28-30-32-34-36-38-40-42-44-46-53(57)63-48-51(49-64-67(61,62)65-50-52(56)55(59)60)66-54(58)47-45-43-41-39-37-35-33-31-29-26-24-22-20-18-16-14-12-10-8-6-4-2/h18,20,51-52H,3-17,19,21-50,56H2,1-2H3,(H,59,60)(H,61,62)/b20-18+/t51-,52+/m1/s1. The van der Waals surface area contributed by atoms with Crippen molar-refractivity contribution in [1.82, 2.24) is 0 Å². The van der Waals surface area contributed by atoms with Crippen LogP contribution in [-0.4, -0.2) is 59.9 Å². The molecule has 0 aromatic heterocycles. The first-order chi connectivity index (χ1) is 32.6. The highest BCUT2D eigenvalue weighted by Crippen LogP contribution is 2.43. The molecule has 0 aromatic carbocycles. The van der Waals surface area contributed by atoms with Crippen molar-refractivity contribution in [2.75, 3.05) is 19.8 Å². The fourth-order valence-electron chi connectivity index (χ4n) is 8.36. The average Bonchev–Trinajstić information content (AvgIpc) is 3.31. The van der Waals surface area contributed by atoms with Gasteiger partial charge in [0.25, 0.3) is 0 Å². The molecule has 0 aliphatic heterocycles. The third-order valence-corrected chi connectivity index (χ3v) is 13.7. The van der Waals surface area contributed by atoms with Crippen LogP contribution in [0.1, 0.15) is 290 Å². The molecule has 0 heterocycles. The minimum atomic E-state index is -4.72. The van der Waals surface area contributed by atoms with Gasteiger partial charge >= 0.3 is 25.7 Å². The summed E-state index contributed by atoms with van der Waals surface area (Å²) in [6.07, 6.45) is 55.6. The van der Waals surface area contributed by atoms with Crippen LogP contribution >= 0.6 is 7.82 Å². The fourth-order valence-corrected chi connectivity index (χ4v) is 9.14. The number of ether oxygens (including phenoxy) is 2. The van der Waals surface area contributed by atoms with Gasteiger partial charge in [-0.3, -0.25) is 23.4 Å². The van der Waals surface area contributed by atoms with Crippen molar-refractivity contribution >= 4 is 25.7 Å². The minimum absolute atomic E-state index is 0.166. The van der Waals surface area contributed by atoms with Gasteiger partial charge in [-0.15, -0.1) is 0 Å². The van der Waals surface area contributed by atoms with Crippen LogP contribution in [0.15, 0.2) is 12.2 Å². The molecule has 1 unspecified atom stereocenters. The molecule has 67 heavy (non-hydrogen) atoms. The van der Waals surface area contributed by atoms with Gasteiger partial charge in [0.2, 0.25) is 0 Å². The van der Waals surface area contributed by atoms with Crippen LogP contribution in [0.2, 0.25) is 0 Å². The molecule has 0 bridgehead atoms. The SMILES string of the molecule is CCCCCCCC/C=C/CCCCCCCCCCCCCC(=O)O[C@H](COC(=O)CCCCCCCCCCCCCCCCCCCCCCCC)COP(=O)(O)OC[C@H](N)C(=O)O. The third kappa shape index (κ3) is 50.4. The molecule has 0 saturated carbocycles. The molecule has 0 rings (SSSR count). The van der Waals surface area contributed by atoms with E-state index in [0.717, 1.165) is 38.5 Å². The molecule has 0 aliphatic carbocycles. The maximum absolute atomic E-state index is 12.7. The van der Waals surface area contributed by atoms with Crippen LogP contribution in [0.4, 0.5) is 0 Å². The molecule has 0 saturated heterocycles. The Morgan fingerprint density at radius 2 is 0.746 bits per heavy atom. The smallest absolute Gasteiger partial charge is 0.472 e. The maximum Gasteiger partial charge on any atom is 0.472 e. The van der Waals surface area contributed by atoms with Crippen LogP contribution in [0, 0.1) is 0 Å². The summed E-state index contributed by atoms with van der Waals surface area (Å²) in [5, 5.41) is 8.94. The van der Waals surface area contributed by atoms with Gasteiger partial charge in [-0.05, 0) is 38.5 Å².